The molecule has 0 saturated carbocycles. The normalized spacial score (nSPS) is 30.1. The third-order valence-corrected chi connectivity index (χ3v) is 18.0. The first kappa shape index (κ1) is 29.4. The van der Waals surface area contributed by atoms with Crippen molar-refractivity contribution in [1.29, 1.82) is 0 Å². The average molecular weight is 545 g/mol. The summed E-state index contributed by atoms with van der Waals surface area (Å²) in [4.78, 5) is 26.7. The Bertz CT molecular complexity index is 994. The Morgan fingerprint density at radius 1 is 1.06 bits per heavy atom. The fourth-order valence-electron chi connectivity index (χ4n) is 5.79. The fraction of sp³-hybridized carbons (Fsp3) is 0.833. The smallest absolute Gasteiger partial charge is 0.335 e. The number of H-pyrrole nitrogens is 1. The second-order valence-electron chi connectivity index (χ2n) is 11.4. The zero-order chi connectivity index (χ0) is 27.1. The first-order valence-electron chi connectivity index (χ1n) is 13.1. The van der Waals surface area contributed by atoms with E-state index in [0.29, 0.717) is 0 Å². The quantitative estimate of drug-likeness (QED) is 0.426. The molecule has 4 atom stereocenters. The van der Waals surface area contributed by atoms with Crippen LogP contribution in [0.5, 0.6) is 0 Å². The molecule has 0 bridgehead atoms. The molecule has 2 unspecified atom stereocenters. The van der Waals surface area contributed by atoms with Crippen LogP contribution in [0.25, 0.3) is 0 Å². The maximum Gasteiger partial charge on any atom is 0.335 e. The van der Waals surface area contributed by atoms with Crippen LogP contribution in [-0.4, -0.2) is 67.9 Å². The highest BCUT2D eigenvalue weighted by Gasteiger charge is 2.65. The van der Waals surface area contributed by atoms with Crippen LogP contribution in [0.4, 0.5) is 0 Å². The number of aromatic nitrogens is 2. The molecule has 3 heterocycles. The van der Waals surface area contributed by atoms with Crippen LogP contribution >= 0.6 is 0 Å². The number of fused-ring (bicyclic) bond motifs is 1. The van der Waals surface area contributed by atoms with Gasteiger partial charge in [-0.15, -0.1) is 0 Å². The van der Waals surface area contributed by atoms with Gasteiger partial charge in [0.05, 0.1) is 6.61 Å². The molecular weight excluding hydrogens is 500 g/mol. The van der Waals surface area contributed by atoms with Crippen molar-refractivity contribution in [3.8, 4) is 0 Å². The molecule has 12 heteroatoms. The summed E-state index contributed by atoms with van der Waals surface area (Å²) in [6.45, 7) is 16.9. The molecule has 1 aromatic heterocycles. The summed E-state index contributed by atoms with van der Waals surface area (Å²) < 4.78 is 28.5. The zero-order valence-electron chi connectivity index (χ0n) is 22.8. The van der Waals surface area contributed by atoms with E-state index >= 15 is 0 Å². The van der Waals surface area contributed by atoms with Crippen LogP contribution in [0.1, 0.15) is 74.5 Å². The highest BCUT2D eigenvalue weighted by Crippen LogP contribution is 2.51. The number of ether oxygens (including phenoxy) is 1. The van der Waals surface area contributed by atoms with Crippen molar-refractivity contribution in [2.45, 2.75) is 114 Å². The van der Waals surface area contributed by atoms with E-state index in [9.17, 15) is 19.8 Å². The summed E-state index contributed by atoms with van der Waals surface area (Å²) in [5.41, 5.74) is -2.51. The van der Waals surface area contributed by atoms with E-state index in [-0.39, 0.29) is 48.2 Å². The van der Waals surface area contributed by atoms with Crippen LogP contribution < -0.4 is 11.2 Å². The van der Waals surface area contributed by atoms with Crippen molar-refractivity contribution >= 4 is 17.1 Å². The number of aliphatic hydroxyl groups excluding tert-OH is 1. The lowest BCUT2D eigenvalue weighted by atomic mass is 9.89. The van der Waals surface area contributed by atoms with Crippen LogP contribution in [0.15, 0.2) is 21.9 Å². The van der Waals surface area contributed by atoms with E-state index in [1.54, 1.807) is 0 Å². The lowest BCUT2D eigenvalue weighted by Crippen LogP contribution is -2.67. The van der Waals surface area contributed by atoms with Gasteiger partial charge in [-0.3, -0.25) is 14.3 Å². The molecule has 1 aromatic rings. The van der Waals surface area contributed by atoms with Gasteiger partial charge in [-0.1, -0.05) is 55.4 Å². The minimum absolute atomic E-state index is 0.0427. The Morgan fingerprint density at radius 3 is 2.14 bits per heavy atom. The molecule has 206 valence electrons. The summed E-state index contributed by atoms with van der Waals surface area (Å²) in [5.74, 6) is 0. The first-order valence-corrected chi connectivity index (χ1v) is 17.0. The van der Waals surface area contributed by atoms with Gasteiger partial charge in [0.1, 0.15) is 17.8 Å². The Labute approximate surface area is 215 Å². The molecule has 3 N–H and O–H groups in total. The van der Waals surface area contributed by atoms with E-state index in [1.165, 1.54) is 16.8 Å². The first-order chi connectivity index (χ1) is 16.7. The molecular formula is C24H44N2O8Si2. The van der Waals surface area contributed by atoms with Crippen LogP contribution in [0, 0.1) is 0 Å². The van der Waals surface area contributed by atoms with Crippen molar-refractivity contribution in [3.63, 3.8) is 0 Å². The lowest BCUT2D eigenvalue weighted by molar-refractivity contribution is -0.116. The van der Waals surface area contributed by atoms with Crippen molar-refractivity contribution in [3.05, 3.63) is 33.1 Å². The zero-order valence-corrected chi connectivity index (χ0v) is 24.8. The average Bonchev–Trinajstić information content (AvgIpc) is 3.02. The third kappa shape index (κ3) is 4.98. The molecule has 2 aliphatic heterocycles. The molecule has 36 heavy (non-hydrogen) atoms. The van der Waals surface area contributed by atoms with Gasteiger partial charge in [0.25, 0.3) is 5.56 Å². The molecule has 10 nitrogen and oxygen atoms in total. The molecule has 3 rings (SSSR count). The summed E-state index contributed by atoms with van der Waals surface area (Å²) in [5, 5.41) is 21.8. The molecule has 2 aliphatic rings. The number of nitrogens with zero attached hydrogens (tertiary/aromatic N) is 1. The molecule has 0 aliphatic carbocycles. The van der Waals surface area contributed by atoms with Crippen molar-refractivity contribution in [1.82, 2.24) is 9.55 Å². The highest BCUT2D eigenvalue weighted by molar-refractivity contribution is 6.84. The van der Waals surface area contributed by atoms with E-state index in [0.717, 1.165) is 0 Å². The van der Waals surface area contributed by atoms with Crippen LogP contribution in [0.2, 0.25) is 22.2 Å². The van der Waals surface area contributed by atoms with E-state index in [4.69, 9.17) is 17.7 Å². The fourth-order valence-corrected chi connectivity index (χ4v) is 17.0. The second-order valence-corrected chi connectivity index (χ2v) is 20.2. The standard InChI is InChI=1S/C24H44N2O8Si2/c1-15(2)35(16(3)4)31-14-19-21(33-36(34-35,17(5)6)18(7)8)24(30,11-9-13-27)22(32-19)26-12-10-20(28)25-23(26)29/h10,12,15-19,21-22,27,30H,9,11,13-14H2,1-8H3,(H,25,28,29)/t19?,21-,22?,24+/m1/s1. The number of nitrogens with one attached hydrogen (secondary N) is 1. The van der Waals surface area contributed by atoms with Crippen LogP contribution in [-0.2, 0) is 17.7 Å². The van der Waals surface area contributed by atoms with E-state index in [1.807, 2.05) is 0 Å². The number of aliphatic hydroxyl groups is 2. The summed E-state index contributed by atoms with van der Waals surface area (Å²) in [7, 11) is -5.87. The maximum absolute atomic E-state index is 12.7. The maximum atomic E-state index is 12.7. The van der Waals surface area contributed by atoms with Gasteiger partial charge < -0.3 is 27.9 Å². The van der Waals surface area contributed by atoms with Gasteiger partial charge in [-0.2, -0.15) is 0 Å². The molecule has 0 aromatic carbocycles. The van der Waals surface area contributed by atoms with Gasteiger partial charge in [0.2, 0.25) is 0 Å². The number of aromatic amines is 1. The Balaban J connectivity index is 2.20. The number of hydrogen-bond donors (Lipinski definition) is 3. The van der Waals surface area contributed by atoms with Crippen molar-refractivity contribution in [2.24, 2.45) is 0 Å². The SMILES string of the molecule is CC(C)[Si]1(C(C)C)OCC2OC(n3ccc(=O)[nH]c3=O)[C@](O)(CCCO)[C@@H]2O[Si](C(C)C)(C(C)C)O1. The monoisotopic (exact) mass is 544 g/mol. The minimum atomic E-state index is -3.06. The van der Waals surface area contributed by atoms with Gasteiger partial charge in [-0.05, 0) is 35.0 Å². The van der Waals surface area contributed by atoms with Gasteiger partial charge in [0.15, 0.2) is 6.23 Å². The third-order valence-electron chi connectivity index (χ3n) is 7.72. The van der Waals surface area contributed by atoms with Crippen molar-refractivity contribution < 1.29 is 27.9 Å². The molecule has 0 spiro atoms. The van der Waals surface area contributed by atoms with Crippen molar-refractivity contribution in [2.75, 3.05) is 13.2 Å². The summed E-state index contributed by atoms with van der Waals surface area (Å²) >= 11 is 0. The molecule has 2 fully saturated rings. The molecule has 2 saturated heterocycles. The second kappa shape index (κ2) is 10.9. The number of hydrogen-bond acceptors (Lipinski definition) is 8. The lowest BCUT2D eigenvalue weighted by Gasteiger charge is -2.52. The van der Waals surface area contributed by atoms with Crippen LogP contribution in [0.3, 0.4) is 0 Å². The largest absolute Gasteiger partial charge is 0.414 e. The summed E-state index contributed by atoms with van der Waals surface area (Å²) in [6.07, 6.45) is -0.935. The van der Waals surface area contributed by atoms with Gasteiger partial charge in [-0.25, -0.2) is 4.79 Å². The predicted octanol–water partition coefficient (Wildman–Crippen LogP) is 2.89. The van der Waals surface area contributed by atoms with E-state index < -0.39 is 52.4 Å². The predicted molar refractivity (Wildman–Crippen MR) is 140 cm³/mol. The Hall–Kier alpha value is -1.13. The topological polar surface area (TPSA) is 132 Å². The Morgan fingerprint density at radius 2 is 1.64 bits per heavy atom. The molecule has 0 amide bonds. The number of rotatable bonds is 8. The van der Waals surface area contributed by atoms with E-state index in [2.05, 4.69) is 60.4 Å². The van der Waals surface area contributed by atoms with Gasteiger partial charge in [0, 0.05) is 18.9 Å². The Kier molecular flexibility index (Phi) is 8.93. The highest BCUT2D eigenvalue weighted by atomic mass is 28.5. The summed E-state index contributed by atoms with van der Waals surface area (Å²) in [6, 6.07) is 1.22. The molecule has 0 radical (unpaired) electrons. The minimum Gasteiger partial charge on any atom is -0.414 e. The van der Waals surface area contributed by atoms with Gasteiger partial charge >= 0.3 is 22.8 Å².